The molecule has 0 aromatic rings. The molecule has 0 amide bonds. The molecule has 13 heavy (non-hydrogen) atoms. The van der Waals surface area contributed by atoms with Gasteiger partial charge in [0.2, 0.25) is 0 Å². The smallest absolute Gasteiger partial charge is 0.195 e. The van der Waals surface area contributed by atoms with Crippen LogP contribution in [0.15, 0.2) is 0 Å². The molecule has 5 nitrogen and oxygen atoms in total. The zero-order chi connectivity index (χ0) is 10.4. The van der Waals surface area contributed by atoms with Gasteiger partial charge in [-0.25, -0.2) is 0 Å². The quantitative estimate of drug-likeness (QED) is 0.480. The summed E-state index contributed by atoms with van der Waals surface area (Å²) in [5.41, 5.74) is -0.285. The maximum atomic E-state index is 11.1. The number of carbonyl (C=O) groups excluding carboxylic acids is 1. The standard InChI is InChI=1S/C7H16NO4P/c1-8(2)3-7(11)13(12)5-6(10)4-9/h6,9-10,12H,3-5H2,1-2H3. The van der Waals surface area contributed by atoms with Crippen LogP contribution in [0, 0.1) is 0 Å². The largest absolute Gasteiger partial charge is 0.394 e. The molecule has 0 radical (unpaired) electrons. The monoisotopic (exact) mass is 209 g/mol. The Bertz CT molecular complexity index is 165. The third kappa shape index (κ3) is 6.07. The van der Waals surface area contributed by atoms with Gasteiger partial charge in [-0.15, -0.1) is 0 Å². The molecule has 0 rings (SSSR count). The van der Waals surface area contributed by atoms with Crippen molar-refractivity contribution in [3.8, 4) is 0 Å². The van der Waals surface area contributed by atoms with Crippen molar-refractivity contribution in [1.82, 2.24) is 4.90 Å². The van der Waals surface area contributed by atoms with E-state index in [1.807, 2.05) is 0 Å². The minimum Gasteiger partial charge on any atom is -0.394 e. The van der Waals surface area contributed by atoms with E-state index < -0.39 is 20.9 Å². The molecule has 0 aromatic carbocycles. The van der Waals surface area contributed by atoms with Gasteiger partial charge in [-0.2, -0.15) is 0 Å². The first-order valence-electron chi connectivity index (χ1n) is 3.90. The highest BCUT2D eigenvalue weighted by Crippen LogP contribution is 2.31. The van der Waals surface area contributed by atoms with Crippen LogP contribution in [-0.4, -0.2) is 65.0 Å². The Labute approximate surface area is 78.8 Å². The summed E-state index contributed by atoms with van der Waals surface area (Å²) in [4.78, 5) is 22.1. The summed E-state index contributed by atoms with van der Waals surface area (Å²) in [5.74, 6) is 0. The third-order valence-electron chi connectivity index (χ3n) is 1.33. The van der Waals surface area contributed by atoms with E-state index in [2.05, 4.69) is 0 Å². The average molecular weight is 209 g/mol. The van der Waals surface area contributed by atoms with Crippen molar-refractivity contribution in [3.63, 3.8) is 0 Å². The second kappa shape index (κ2) is 6.40. The van der Waals surface area contributed by atoms with Gasteiger partial charge in [0.05, 0.1) is 27.4 Å². The summed E-state index contributed by atoms with van der Waals surface area (Å²) in [6.07, 6.45) is -1.04. The van der Waals surface area contributed by atoms with Crippen molar-refractivity contribution in [1.29, 1.82) is 0 Å². The van der Waals surface area contributed by atoms with Crippen LogP contribution < -0.4 is 0 Å². The predicted octanol–water partition coefficient (Wildman–Crippen LogP) is -1.18. The molecular formula is C7H16NO4P. The second-order valence-corrected chi connectivity index (χ2v) is 4.71. The normalized spacial score (nSPS) is 15.8. The lowest BCUT2D eigenvalue weighted by atomic mass is 10.4. The lowest BCUT2D eigenvalue weighted by Crippen LogP contribution is -2.24. The van der Waals surface area contributed by atoms with E-state index in [-0.39, 0.29) is 18.2 Å². The van der Waals surface area contributed by atoms with Gasteiger partial charge < -0.3 is 20.0 Å². The van der Waals surface area contributed by atoms with E-state index in [0.717, 1.165) is 0 Å². The van der Waals surface area contributed by atoms with Crippen LogP contribution in [0.4, 0.5) is 0 Å². The van der Waals surface area contributed by atoms with Crippen LogP contribution in [0.2, 0.25) is 0 Å². The fraction of sp³-hybridized carbons (Fsp3) is 0.857. The fourth-order valence-corrected chi connectivity index (χ4v) is 1.88. The number of likely N-dealkylation sites (N-methyl/N-ethyl adjacent to an activating group) is 1. The molecule has 0 heterocycles. The Hall–Kier alpha value is -0.0600. The van der Waals surface area contributed by atoms with E-state index in [1.54, 1.807) is 19.0 Å². The number of hydrogen-bond acceptors (Lipinski definition) is 5. The van der Waals surface area contributed by atoms with Gasteiger partial charge in [0.1, 0.15) is 0 Å². The predicted molar refractivity (Wildman–Crippen MR) is 50.7 cm³/mol. The molecule has 0 saturated heterocycles. The minimum atomic E-state index is -1.81. The fourth-order valence-electron chi connectivity index (χ4n) is 0.711. The molecule has 2 atom stereocenters. The summed E-state index contributed by atoms with van der Waals surface area (Å²) < 4.78 is 0. The van der Waals surface area contributed by atoms with Gasteiger partial charge in [0.15, 0.2) is 5.52 Å². The van der Waals surface area contributed by atoms with Crippen LogP contribution in [0.3, 0.4) is 0 Å². The molecule has 0 bridgehead atoms. The SMILES string of the molecule is CN(C)CC(=O)P(O)CC(O)CO. The topological polar surface area (TPSA) is 81.0 Å². The van der Waals surface area contributed by atoms with Gasteiger partial charge in [0.25, 0.3) is 0 Å². The third-order valence-corrected chi connectivity index (χ3v) is 2.82. The number of aliphatic hydroxyl groups is 2. The highest BCUT2D eigenvalue weighted by molar-refractivity contribution is 7.69. The molecule has 0 saturated carbocycles. The van der Waals surface area contributed by atoms with E-state index in [0.29, 0.717) is 0 Å². The second-order valence-electron chi connectivity index (χ2n) is 3.05. The van der Waals surface area contributed by atoms with Gasteiger partial charge in [-0.05, 0) is 14.1 Å². The number of rotatable bonds is 6. The van der Waals surface area contributed by atoms with Crippen LogP contribution in [0.5, 0.6) is 0 Å². The van der Waals surface area contributed by atoms with E-state index >= 15 is 0 Å². The molecule has 0 spiro atoms. The summed E-state index contributed by atoms with van der Waals surface area (Å²) >= 11 is 0. The van der Waals surface area contributed by atoms with Gasteiger partial charge in [0, 0.05) is 6.16 Å². The highest BCUT2D eigenvalue weighted by atomic mass is 31.1. The molecule has 0 aliphatic heterocycles. The molecule has 0 aromatic heterocycles. The Morgan fingerprint density at radius 2 is 2.08 bits per heavy atom. The molecule has 0 aliphatic carbocycles. The van der Waals surface area contributed by atoms with Crippen molar-refractivity contribution in [2.24, 2.45) is 0 Å². The van der Waals surface area contributed by atoms with E-state index in [1.165, 1.54) is 0 Å². The highest BCUT2D eigenvalue weighted by Gasteiger charge is 2.19. The van der Waals surface area contributed by atoms with Crippen LogP contribution >= 0.6 is 8.15 Å². The molecule has 3 N–H and O–H groups in total. The summed E-state index contributed by atoms with van der Waals surface area (Å²) in [5, 5.41) is 17.4. The van der Waals surface area contributed by atoms with Crippen LogP contribution in [-0.2, 0) is 4.79 Å². The lowest BCUT2D eigenvalue weighted by molar-refractivity contribution is -0.112. The molecule has 6 heteroatoms. The number of aliphatic hydroxyl groups excluding tert-OH is 2. The first-order valence-corrected chi connectivity index (χ1v) is 5.38. The zero-order valence-electron chi connectivity index (χ0n) is 7.84. The Balaban J connectivity index is 3.82. The maximum absolute atomic E-state index is 11.1. The minimum absolute atomic E-state index is 0.0431. The first kappa shape index (κ1) is 12.9. The zero-order valence-corrected chi connectivity index (χ0v) is 8.74. The van der Waals surface area contributed by atoms with Crippen molar-refractivity contribution in [3.05, 3.63) is 0 Å². The molecule has 2 unspecified atom stereocenters. The number of nitrogens with zero attached hydrogens (tertiary/aromatic N) is 1. The van der Waals surface area contributed by atoms with E-state index in [9.17, 15) is 9.69 Å². The molecule has 0 fully saturated rings. The van der Waals surface area contributed by atoms with E-state index in [4.69, 9.17) is 10.2 Å². The first-order chi connectivity index (χ1) is 5.97. The summed E-state index contributed by atoms with van der Waals surface area (Å²) in [6, 6.07) is 0. The lowest BCUT2D eigenvalue weighted by Gasteiger charge is -2.14. The molecule has 0 aliphatic rings. The van der Waals surface area contributed by atoms with Gasteiger partial charge in [-0.1, -0.05) is 0 Å². The number of hydrogen-bond donors (Lipinski definition) is 3. The molecule has 78 valence electrons. The van der Waals surface area contributed by atoms with Gasteiger partial charge in [-0.3, -0.25) is 4.79 Å². The molecular weight excluding hydrogens is 193 g/mol. The average Bonchev–Trinajstić information content (AvgIpc) is 2.02. The van der Waals surface area contributed by atoms with Crippen molar-refractivity contribution >= 4 is 13.7 Å². The van der Waals surface area contributed by atoms with Crippen molar-refractivity contribution < 1.29 is 19.9 Å². The summed E-state index contributed by atoms with van der Waals surface area (Å²) in [6.45, 7) is -0.255. The van der Waals surface area contributed by atoms with Crippen LogP contribution in [0.25, 0.3) is 0 Å². The van der Waals surface area contributed by atoms with Gasteiger partial charge >= 0.3 is 0 Å². The number of carbonyl (C=O) groups is 1. The maximum Gasteiger partial charge on any atom is 0.195 e. The van der Waals surface area contributed by atoms with Crippen LogP contribution in [0.1, 0.15) is 0 Å². The van der Waals surface area contributed by atoms with Crippen molar-refractivity contribution in [2.45, 2.75) is 6.10 Å². The van der Waals surface area contributed by atoms with Crippen molar-refractivity contribution in [2.75, 3.05) is 33.4 Å². The Morgan fingerprint density at radius 1 is 1.54 bits per heavy atom. The summed E-state index contributed by atoms with van der Waals surface area (Å²) in [7, 11) is 1.64. The Kier molecular flexibility index (Phi) is 6.37. The Morgan fingerprint density at radius 3 is 2.46 bits per heavy atom.